The van der Waals surface area contributed by atoms with Crippen molar-refractivity contribution in [1.82, 2.24) is 0 Å². The van der Waals surface area contributed by atoms with Gasteiger partial charge in [0.05, 0.1) is 0 Å². The Hall–Kier alpha value is 0.286. The fourth-order valence-electron chi connectivity index (χ4n) is 2.60. The van der Waals surface area contributed by atoms with Crippen LogP contribution >= 0.6 is 11.8 Å². The van der Waals surface area contributed by atoms with Gasteiger partial charge in [-0.05, 0) is 0 Å². The van der Waals surface area contributed by atoms with Gasteiger partial charge in [0.15, 0.2) is 0 Å². The summed E-state index contributed by atoms with van der Waals surface area (Å²) in [7, 11) is -1.37. The first kappa shape index (κ1) is 19.3. The van der Waals surface area contributed by atoms with Crippen molar-refractivity contribution in [2.75, 3.05) is 6.61 Å². The summed E-state index contributed by atoms with van der Waals surface area (Å²) in [5.41, 5.74) is 0. The second-order valence-electron chi connectivity index (χ2n) is 7.68. The number of hydrogen-bond acceptors (Lipinski definition) is 2. The zero-order chi connectivity index (χ0) is 16.1. The predicted molar refractivity (Wildman–Crippen MR) is 103 cm³/mol. The second-order valence-corrected chi connectivity index (χ2v) is 29.2. The van der Waals surface area contributed by atoms with Gasteiger partial charge < -0.3 is 0 Å². The SMILES string of the molecule is C[Si](C)(C)/C(=C\Sc1ccccc1)[CH](CCO)[Sn]([CH3])([CH3])[CH3]. The molecule has 4 heteroatoms. The molecule has 0 bridgehead atoms. The Bertz CT molecular complexity index is 460. The topological polar surface area (TPSA) is 20.2 Å². The van der Waals surface area contributed by atoms with Crippen molar-refractivity contribution in [3.8, 4) is 0 Å². The van der Waals surface area contributed by atoms with Crippen molar-refractivity contribution < 1.29 is 5.11 Å². The summed E-state index contributed by atoms with van der Waals surface area (Å²) >= 11 is -0.249. The van der Waals surface area contributed by atoms with Gasteiger partial charge in [-0.25, -0.2) is 0 Å². The maximum absolute atomic E-state index is 9.51. The molecule has 21 heavy (non-hydrogen) atoms. The number of hydrogen-bond donors (Lipinski definition) is 1. The van der Waals surface area contributed by atoms with Crippen molar-refractivity contribution in [2.24, 2.45) is 0 Å². The summed E-state index contributed by atoms with van der Waals surface area (Å²) in [4.78, 5) is 8.79. The van der Waals surface area contributed by atoms with Crippen LogP contribution in [-0.2, 0) is 0 Å². The number of rotatable bonds is 7. The standard InChI is InChI=1S/C14H21OSSi.3CH3.Sn/c1-17(2,3)14(10-7-11-15)12-16-13-8-5-4-6-9-13;;;;/h4-6,8-10,12,15H,7,11H2,1-3H3;3*1H3;/b14-12-;;;;. The normalized spacial score (nSPS) is 15.1. The van der Waals surface area contributed by atoms with E-state index in [1.807, 2.05) is 11.8 Å². The van der Waals surface area contributed by atoms with Crippen LogP contribution in [0.2, 0.25) is 38.4 Å². The van der Waals surface area contributed by atoms with Gasteiger partial charge in [-0.15, -0.1) is 0 Å². The van der Waals surface area contributed by atoms with Crippen molar-refractivity contribution in [3.63, 3.8) is 0 Å². The summed E-state index contributed by atoms with van der Waals surface area (Å²) in [6, 6.07) is 10.6. The predicted octanol–water partition coefficient (Wildman–Crippen LogP) is 5.63. The summed E-state index contributed by atoms with van der Waals surface area (Å²) in [6.45, 7) is 7.63. The minimum atomic E-state index is -2.10. The fraction of sp³-hybridized carbons (Fsp3) is 0.529. The third-order valence-corrected chi connectivity index (χ3v) is 15.6. The molecular formula is C17H30OSSiSn. The Morgan fingerprint density at radius 2 is 1.76 bits per heavy atom. The van der Waals surface area contributed by atoms with E-state index in [-0.39, 0.29) is 0 Å². The molecule has 0 aliphatic heterocycles. The molecule has 0 saturated heterocycles. The monoisotopic (exact) mass is 430 g/mol. The van der Waals surface area contributed by atoms with Gasteiger partial charge in [0.1, 0.15) is 0 Å². The van der Waals surface area contributed by atoms with Crippen LogP contribution in [0.4, 0.5) is 0 Å². The van der Waals surface area contributed by atoms with Crippen LogP contribution in [0.5, 0.6) is 0 Å². The Kier molecular flexibility index (Phi) is 7.57. The van der Waals surface area contributed by atoms with Crippen LogP contribution in [0, 0.1) is 0 Å². The van der Waals surface area contributed by atoms with E-state index in [0.717, 1.165) is 6.42 Å². The van der Waals surface area contributed by atoms with Gasteiger partial charge >= 0.3 is 141 Å². The van der Waals surface area contributed by atoms with E-state index in [1.54, 1.807) is 5.20 Å². The van der Waals surface area contributed by atoms with Crippen molar-refractivity contribution in [2.45, 2.75) is 49.7 Å². The average Bonchev–Trinajstić information content (AvgIpc) is 2.36. The average molecular weight is 429 g/mol. The van der Waals surface area contributed by atoms with E-state index in [9.17, 15) is 5.11 Å². The molecule has 1 N–H and O–H groups in total. The van der Waals surface area contributed by atoms with E-state index < -0.39 is 26.5 Å². The number of thioether (sulfide) groups is 1. The number of aliphatic hydroxyl groups excluding tert-OH is 1. The molecule has 0 spiro atoms. The van der Waals surface area contributed by atoms with Crippen LogP contribution in [0.15, 0.2) is 45.8 Å². The van der Waals surface area contributed by atoms with Crippen LogP contribution < -0.4 is 0 Å². The van der Waals surface area contributed by atoms with E-state index in [0.29, 0.717) is 10.5 Å². The molecule has 0 aromatic heterocycles. The van der Waals surface area contributed by atoms with E-state index in [4.69, 9.17) is 0 Å². The Morgan fingerprint density at radius 1 is 1.19 bits per heavy atom. The van der Waals surface area contributed by atoms with Crippen LogP contribution in [0.1, 0.15) is 6.42 Å². The van der Waals surface area contributed by atoms with Gasteiger partial charge in [0.2, 0.25) is 0 Å². The molecule has 0 aliphatic carbocycles. The van der Waals surface area contributed by atoms with Crippen molar-refractivity contribution in [3.05, 3.63) is 40.9 Å². The molecule has 0 heterocycles. The van der Waals surface area contributed by atoms with Gasteiger partial charge in [-0.3, -0.25) is 0 Å². The van der Waals surface area contributed by atoms with E-state index in [1.165, 1.54) is 4.90 Å². The molecule has 0 radical (unpaired) electrons. The first-order valence-corrected chi connectivity index (χ1v) is 22.3. The quantitative estimate of drug-likeness (QED) is 0.448. The third kappa shape index (κ3) is 6.51. The minimum absolute atomic E-state index is 0.316. The molecule has 0 amide bonds. The van der Waals surface area contributed by atoms with Crippen LogP contribution in [-0.4, -0.2) is 38.2 Å². The number of benzene rings is 1. The summed E-state index contributed by atoms with van der Waals surface area (Å²) in [5, 5.41) is 13.6. The molecule has 1 aromatic rings. The molecule has 0 saturated carbocycles. The summed E-state index contributed by atoms with van der Waals surface area (Å²) in [5.74, 6) is 0. The fourth-order valence-corrected chi connectivity index (χ4v) is 18.8. The molecule has 118 valence electrons. The molecular weight excluding hydrogens is 399 g/mol. The molecule has 0 aliphatic rings. The maximum atomic E-state index is 9.51. The molecule has 1 unspecified atom stereocenters. The first-order valence-electron chi connectivity index (χ1n) is 7.69. The number of allylic oxidation sites excluding steroid dienone is 1. The Labute approximate surface area is 140 Å². The molecule has 1 rings (SSSR count). The van der Waals surface area contributed by atoms with Gasteiger partial charge in [-0.2, -0.15) is 0 Å². The summed E-state index contributed by atoms with van der Waals surface area (Å²) < 4.78 is 0.659. The van der Waals surface area contributed by atoms with Gasteiger partial charge in [-0.1, -0.05) is 0 Å². The molecule has 1 aromatic carbocycles. The van der Waals surface area contributed by atoms with Crippen LogP contribution in [0.3, 0.4) is 0 Å². The number of aliphatic hydroxyl groups is 1. The van der Waals surface area contributed by atoms with E-state index >= 15 is 0 Å². The zero-order valence-corrected chi connectivity index (χ0v) is 19.0. The van der Waals surface area contributed by atoms with Crippen molar-refractivity contribution in [1.29, 1.82) is 0 Å². The first-order chi connectivity index (χ1) is 9.66. The second kappa shape index (κ2) is 8.23. The van der Waals surface area contributed by atoms with Crippen LogP contribution in [0.25, 0.3) is 0 Å². The zero-order valence-electron chi connectivity index (χ0n) is 14.3. The molecule has 0 fully saturated rings. The Morgan fingerprint density at radius 3 is 2.19 bits per heavy atom. The van der Waals surface area contributed by atoms with E-state index in [2.05, 4.69) is 70.2 Å². The molecule has 1 atom stereocenters. The summed E-state index contributed by atoms with van der Waals surface area (Å²) in [6.07, 6.45) is 0.949. The van der Waals surface area contributed by atoms with Crippen molar-refractivity contribution >= 4 is 38.2 Å². The van der Waals surface area contributed by atoms with Gasteiger partial charge in [0.25, 0.3) is 0 Å². The van der Waals surface area contributed by atoms with Gasteiger partial charge in [0, 0.05) is 0 Å². The molecule has 1 nitrogen and oxygen atoms in total. The third-order valence-electron chi connectivity index (χ3n) is 3.77. The Balaban J connectivity index is 3.09.